The van der Waals surface area contributed by atoms with Crippen molar-refractivity contribution in [2.75, 3.05) is 23.8 Å². The maximum atomic E-state index is 12.1. The van der Waals surface area contributed by atoms with Gasteiger partial charge in [-0.1, -0.05) is 18.2 Å². The Morgan fingerprint density at radius 3 is 2.73 bits per heavy atom. The lowest BCUT2D eigenvalue weighted by Crippen LogP contribution is -2.36. The first-order valence-corrected chi connectivity index (χ1v) is 8.69. The smallest absolute Gasteiger partial charge is 0.319 e. The minimum atomic E-state index is -0.284. The first-order valence-electron chi connectivity index (χ1n) is 8.69. The lowest BCUT2D eigenvalue weighted by Gasteiger charge is -2.26. The summed E-state index contributed by atoms with van der Waals surface area (Å²) in [4.78, 5) is 25.5. The van der Waals surface area contributed by atoms with Crippen LogP contribution < -0.4 is 20.3 Å². The number of nitrogens with one attached hydrogen (secondary N) is 2. The van der Waals surface area contributed by atoms with Gasteiger partial charge in [-0.05, 0) is 49.2 Å². The van der Waals surface area contributed by atoms with E-state index in [1.54, 1.807) is 18.0 Å². The molecule has 6 heteroatoms. The molecule has 6 nitrogen and oxygen atoms in total. The number of ether oxygens (including phenoxy) is 1. The molecule has 26 heavy (non-hydrogen) atoms. The number of hydrogen-bond acceptors (Lipinski definition) is 3. The average molecular weight is 353 g/mol. The van der Waals surface area contributed by atoms with Crippen LogP contribution in [-0.2, 0) is 11.2 Å². The molecule has 136 valence electrons. The van der Waals surface area contributed by atoms with Gasteiger partial charge in [0, 0.05) is 24.8 Å². The first-order chi connectivity index (χ1) is 12.5. The van der Waals surface area contributed by atoms with Crippen molar-refractivity contribution in [2.45, 2.75) is 25.9 Å². The third kappa shape index (κ3) is 4.33. The Labute approximate surface area is 153 Å². The number of hydrogen-bond donors (Lipinski definition) is 2. The quantitative estimate of drug-likeness (QED) is 0.867. The van der Waals surface area contributed by atoms with Crippen LogP contribution in [0, 0.1) is 0 Å². The van der Waals surface area contributed by atoms with Gasteiger partial charge in [0.15, 0.2) is 0 Å². The van der Waals surface area contributed by atoms with E-state index in [9.17, 15) is 9.59 Å². The Kier molecular flexibility index (Phi) is 5.41. The molecule has 0 fully saturated rings. The maximum Gasteiger partial charge on any atom is 0.319 e. The second-order valence-corrected chi connectivity index (χ2v) is 6.37. The molecule has 0 radical (unpaired) electrons. The molecule has 0 aromatic heterocycles. The Bertz CT molecular complexity index is 792. The zero-order chi connectivity index (χ0) is 18.5. The van der Waals surface area contributed by atoms with Crippen LogP contribution in [0.5, 0.6) is 5.75 Å². The van der Waals surface area contributed by atoms with Crippen LogP contribution in [0.25, 0.3) is 0 Å². The summed E-state index contributed by atoms with van der Waals surface area (Å²) >= 11 is 0. The number of amides is 3. The summed E-state index contributed by atoms with van der Waals surface area (Å²) in [5, 5.41) is 5.64. The zero-order valence-corrected chi connectivity index (χ0v) is 15.0. The van der Waals surface area contributed by atoms with Crippen molar-refractivity contribution in [3.05, 3.63) is 54.1 Å². The van der Waals surface area contributed by atoms with Gasteiger partial charge >= 0.3 is 6.03 Å². The third-order valence-electron chi connectivity index (χ3n) is 4.31. The maximum absolute atomic E-state index is 12.1. The molecule has 3 amide bonds. The van der Waals surface area contributed by atoms with Gasteiger partial charge in [0.2, 0.25) is 5.91 Å². The molecule has 1 aliphatic rings. The van der Waals surface area contributed by atoms with Gasteiger partial charge in [0.1, 0.15) is 11.9 Å². The monoisotopic (exact) mass is 353 g/mol. The van der Waals surface area contributed by atoms with E-state index in [0.717, 1.165) is 17.0 Å². The van der Waals surface area contributed by atoms with Crippen LogP contribution in [0.1, 0.15) is 18.9 Å². The predicted octanol–water partition coefficient (Wildman–Crippen LogP) is 3.18. The minimum Gasteiger partial charge on any atom is -0.489 e. The predicted molar refractivity (Wildman–Crippen MR) is 102 cm³/mol. The third-order valence-corrected chi connectivity index (χ3v) is 4.31. The van der Waals surface area contributed by atoms with E-state index in [-0.39, 0.29) is 18.0 Å². The summed E-state index contributed by atoms with van der Waals surface area (Å²) in [6.45, 7) is 2.29. The van der Waals surface area contributed by atoms with Gasteiger partial charge in [-0.15, -0.1) is 0 Å². The fourth-order valence-corrected chi connectivity index (χ4v) is 2.92. The van der Waals surface area contributed by atoms with Crippen molar-refractivity contribution in [1.29, 1.82) is 0 Å². The number of rotatable bonds is 5. The molecule has 1 aliphatic heterocycles. The summed E-state index contributed by atoms with van der Waals surface area (Å²) in [5.74, 6) is 0.888. The van der Waals surface area contributed by atoms with Crippen LogP contribution >= 0.6 is 0 Å². The number of anilines is 2. The van der Waals surface area contributed by atoms with Crippen LogP contribution in [-0.4, -0.2) is 31.6 Å². The first kappa shape index (κ1) is 17.8. The Balaban J connectivity index is 1.51. The largest absolute Gasteiger partial charge is 0.489 e. The Hall–Kier alpha value is -3.02. The van der Waals surface area contributed by atoms with E-state index in [4.69, 9.17) is 4.74 Å². The van der Waals surface area contributed by atoms with Crippen molar-refractivity contribution >= 4 is 23.3 Å². The van der Waals surface area contributed by atoms with Crippen molar-refractivity contribution < 1.29 is 14.3 Å². The van der Waals surface area contributed by atoms with E-state index in [0.29, 0.717) is 25.1 Å². The SMILES string of the molecule is CC(CNC(=O)Nc1ccc2c(c1)CCC(=O)N2C)Oc1ccccc1. The highest BCUT2D eigenvalue weighted by Gasteiger charge is 2.21. The number of carbonyl (C=O) groups is 2. The van der Waals surface area contributed by atoms with Crippen molar-refractivity contribution in [1.82, 2.24) is 5.32 Å². The number of carbonyl (C=O) groups excluding carboxylic acids is 2. The van der Waals surface area contributed by atoms with Gasteiger partial charge in [-0.25, -0.2) is 4.79 Å². The van der Waals surface area contributed by atoms with E-state index in [1.165, 1.54) is 0 Å². The van der Waals surface area contributed by atoms with Crippen LogP contribution in [0.2, 0.25) is 0 Å². The highest BCUT2D eigenvalue weighted by molar-refractivity contribution is 5.97. The summed E-state index contributed by atoms with van der Waals surface area (Å²) in [6, 6.07) is 14.8. The van der Waals surface area contributed by atoms with E-state index < -0.39 is 0 Å². The molecule has 2 N–H and O–H groups in total. The molecule has 1 atom stereocenters. The van der Waals surface area contributed by atoms with Crippen LogP contribution in [0.15, 0.2) is 48.5 Å². The highest BCUT2D eigenvalue weighted by atomic mass is 16.5. The second-order valence-electron chi connectivity index (χ2n) is 6.37. The summed E-state index contributed by atoms with van der Waals surface area (Å²) in [7, 11) is 1.77. The molecule has 2 aromatic carbocycles. The zero-order valence-electron chi connectivity index (χ0n) is 15.0. The summed E-state index contributed by atoms with van der Waals surface area (Å²) in [6.07, 6.45) is 1.04. The molecule has 2 aromatic rings. The summed E-state index contributed by atoms with van der Waals surface area (Å²) < 4.78 is 5.73. The Morgan fingerprint density at radius 2 is 1.96 bits per heavy atom. The number of nitrogens with zero attached hydrogens (tertiary/aromatic N) is 1. The van der Waals surface area contributed by atoms with Gasteiger partial charge in [-0.3, -0.25) is 4.79 Å². The van der Waals surface area contributed by atoms with Crippen molar-refractivity contribution in [3.8, 4) is 5.75 Å². The van der Waals surface area contributed by atoms with Gasteiger partial charge in [0.05, 0.1) is 6.54 Å². The molecular formula is C20H23N3O3. The lowest BCUT2D eigenvalue weighted by atomic mass is 10.0. The average Bonchev–Trinajstić information content (AvgIpc) is 2.64. The number of para-hydroxylation sites is 1. The van der Waals surface area contributed by atoms with Gasteiger partial charge in [-0.2, -0.15) is 0 Å². The molecule has 0 aliphatic carbocycles. The molecule has 3 rings (SSSR count). The fraction of sp³-hybridized carbons (Fsp3) is 0.300. The highest BCUT2D eigenvalue weighted by Crippen LogP contribution is 2.29. The topological polar surface area (TPSA) is 70.7 Å². The van der Waals surface area contributed by atoms with Gasteiger partial charge < -0.3 is 20.3 Å². The molecule has 1 heterocycles. The molecule has 1 unspecified atom stereocenters. The fourth-order valence-electron chi connectivity index (χ4n) is 2.92. The van der Waals surface area contributed by atoms with Crippen molar-refractivity contribution in [2.24, 2.45) is 0 Å². The summed E-state index contributed by atoms with van der Waals surface area (Å²) in [5.41, 5.74) is 2.67. The number of urea groups is 1. The van der Waals surface area contributed by atoms with E-state index >= 15 is 0 Å². The number of benzene rings is 2. The normalized spacial score (nSPS) is 14.4. The molecule has 0 saturated carbocycles. The van der Waals surface area contributed by atoms with Crippen LogP contribution in [0.4, 0.5) is 16.2 Å². The van der Waals surface area contributed by atoms with Crippen LogP contribution in [0.3, 0.4) is 0 Å². The molecular weight excluding hydrogens is 330 g/mol. The van der Waals surface area contributed by atoms with Crippen molar-refractivity contribution in [3.63, 3.8) is 0 Å². The van der Waals surface area contributed by atoms with E-state index in [1.807, 2.05) is 49.4 Å². The second kappa shape index (κ2) is 7.91. The molecule has 0 saturated heterocycles. The lowest BCUT2D eigenvalue weighted by molar-refractivity contribution is -0.118. The van der Waals surface area contributed by atoms with E-state index in [2.05, 4.69) is 10.6 Å². The Morgan fingerprint density at radius 1 is 1.19 bits per heavy atom. The van der Waals surface area contributed by atoms with Gasteiger partial charge in [0.25, 0.3) is 0 Å². The molecule has 0 spiro atoms. The number of aryl methyl sites for hydroxylation is 1. The number of fused-ring (bicyclic) bond motifs is 1. The molecule has 0 bridgehead atoms. The standard InChI is InChI=1S/C20H23N3O3/c1-14(26-17-6-4-3-5-7-17)13-21-20(25)22-16-9-10-18-15(12-16)8-11-19(24)23(18)2/h3-7,9-10,12,14H,8,11,13H2,1-2H3,(H2,21,22,25). The minimum absolute atomic E-state index is 0.114.